The van der Waals surface area contributed by atoms with Gasteiger partial charge in [0.2, 0.25) is 0 Å². The van der Waals surface area contributed by atoms with Crippen LogP contribution in [0.25, 0.3) is 0 Å². The molecule has 0 bridgehead atoms. The molecule has 0 radical (unpaired) electrons. The highest BCUT2D eigenvalue weighted by Crippen LogP contribution is 2.28. The van der Waals surface area contributed by atoms with Gasteiger partial charge in [0.05, 0.1) is 12.0 Å². The summed E-state index contributed by atoms with van der Waals surface area (Å²) in [6, 6.07) is 5.66. The molecule has 5 nitrogen and oxygen atoms in total. The van der Waals surface area contributed by atoms with E-state index < -0.39 is 4.92 Å². The zero-order chi connectivity index (χ0) is 15.8. The lowest BCUT2D eigenvalue weighted by molar-refractivity contribution is -0.385. The molecule has 1 rings (SSSR count). The van der Waals surface area contributed by atoms with E-state index in [1.807, 2.05) is 6.07 Å². The van der Waals surface area contributed by atoms with E-state index in [1.54, 1.807) is 12.1 Å². The predicted octanol–water partition coefficient (Wildman–Crippen LogP) is 3.56. The van der Waals surface area contributed by atoms with E-state index >= 15 is 0 Å². The minimum atomic E-state index is -0.391. The molecular weight excluding hydrogens is 268 g/mol. The lowest BCUT2D eigenvalue weighted by Gasteiger charge is -2.19. The third-order valence-electron chi connectivity index (χ3n) is 3.47. The molecule has 0 aromatic heterocycles. The van der Waals surface area contributed by atoms with Gasteiger partial charge in [0.1, 0.15) is 0 Å². The number of nitro groups is 1. The van der Waals surface area contributed by atoms with E-state index in [-0.39, 0.29) is 5.69 Å². The first-order valence-electron chi connectivity index (χ1n) is 7.52. The Morgan fingerprint density at radius 3 is 2.62 bits per heavy atom. The Morgan fingerprint density at radius 2 is 2.10 bits per heavy atom. The number of aryl methyl sites for hydroxylation is 1. The molecule has 0 fully saturated rings. The molecule has 0 aliphatic heterocycles. The third kappa shape index (κ3) is 5.71. The molecule has 0 heterocycles. The summed E-state index contributed by atoms with van der Waals surface area (Å²) in [5.41, 5.74) is 1.02. The molecule has 0 saturated carbocycles. The Morgan fingerprint density at radius 1 is 1.38 bits per heavy atom. The van der Waals surface area contributed by atoms with Crippen molar-refractivity contribution in [3.8, 4) is 5.75 Å². The summed E-state index contributed by atoms with van der Waals surface area (Å²) in [4.78, 5) is 10.6. The number of rotatable bonds is 9. The molecule has 5 heteroatoms. The molecular formula is C16H26N2O3. The summed E-state index contributed by atoms with van der Waals surface area (Å²) >= 11 is 0. The van der Waals surface area contributed by atoms with E-state index in [0.717, 1.165) is 31.4 Å². The van der Waals surface area contributed by atoms with E-state index in [0.29, 0.717) is 17.7 Å². The Hall–Kier alpha value is -1.62. The SMILES string of the molecule is CCNC(CCc1ccc(OC)c([N+](=O)[O-])c1)CC(C)C. The number of nitrogens with zero attached hydrogens (tertiary/aromatic N) is 1. The van der Waals surface area contributed by atoms with E-state index in [1.165, 1.54) is 7.11 Å². The fraction of sp³-hybridized carbons (Fsp3) is 0.625. The Bertz CT molecular complexity index is 461. The van der Waals surface area contributed by atoms with Gasteiger partial charge >= 0.3 is 5.69 Å². The number of methoxy groups -OCH3 is 1. The largest absolute Gasteiger partial charge is 0.490 e. The fourth-order valence-corrected chi connectivity index (χ4v) is 2.54. The van der Waals surface area contributed by atoms with E-state index in [4.69, 9.17) is 4.74 Å². The maximum Gasteiger partial charge on any atom is 0.311 e. The molecule has 1 aromatic carbocycles. The van der Waals surface area contributed by atoms with Crippen LogP contribution in [-0.4, -0.2) is 24.6 Å². The smallest absolute Gasteiger partial charge is 0.311 e. The molecule has 1 aromatic rings. The highest BCUT2D eigenvalue weighted by molar-refractivity contribution is 5.48. The van der Waals surface area contributed by atoms with Gasteiger partial charge in [-0.3, -0.25) is 10.1 Å². The molecule has 0 saturated heterocycles. The highest BCUT2D eigenvalue weighted by atomic mass is 16.6. The number of nitrogens with one attached hydrogen (secondary N) is 1. The van der Waals surface area contributed by atoms with Gasteiger partial charge in [-0.2, -0.15) is 0 Å². The van der Waals surface area contributed by atoms with Crippen LogP contribution in [0.15, 0.2) is 18.2 Å². The van der Waals surface area contributed by atoms with Gasteiger partial charge in [0.15, 0.2) is 5.75 Å². The third-order valence-corrected chi connectivity index (χ3v) is 3.47. The maximum absolute atomic E-state index is 11.0. The van der Waals surface area contributed by atoms with Crippen LogP contribution >= 0.6 is 0 Å². The van der Waals surface area contributed by atoms with Crippen molar-refractivity contribution in [1.29, 1.82) is 0 Å². The van der Waals surface area contributed by atoms with Crippen molar-refractivity contribution in [1.82, 2.24) is 5.32 Å². The van der Waals surface area contributed by atoms with Crippen molar-refractivity contribution < 1.29 is 9.66 Å². The number of hydrogen-bond donors (Lipinski definition) is 1. The second-order valence-corrected chi connectivity index (χ2v) is 5.69. The monoisotopic (exact) mass is 294 g/mol. The van der Waals surface area contributed by atoms with Crippen LogP contribution in [0.3, 0.4) is 0 Å². The summed E-state index contributed by atoms with van der Waals surface area (Å²) in [5, 5.41) is 14.5. The topological polar surface area (TPSA) is 64.4 Å². The van der Waals surface area contributed by atoms with Gasteiger partial charge in [0, 0.05) is 12.1 Å². The van der Waals surface area contributed by atoms with Crippen molar-refractivity contribution in [2.45, 2.75) is 46.1 Å². The zero-order valence-electron chi connectivity index (χ0n) is 13.4. The van der Waals surface area contributed by atoms with Gasteiger partial charge in [0.25, 0.3) is 0 Å². The van der Waals surface area contributed by atoms with Crippen LogP contribution in [0.5, 0.6) is 5.75 Å². The van der Waals surface area contributed by atoms with Gasteiger partial charge in [-0.25, -0.2) is 0 Å². The maximum atomic E-state index is 11.0. The molecule has 118 valence electrons. The lowest BCUT2D eigenvalue weighted by atomic mass is 9.97. The van der Waals surface area contributed by atoms with Crippen molar-refractivity contribution in [3.63, 3.8) is 0 Å². The average molecular weight is 294 g/mol. The summed E-state index contributed by atoms with van der Waals surface area (Å²) in [7, 11) is 1.45. The van der Waals surface area contributed by atoms with Crippen LogP contribution in [-0.2, 0) is 6.42 Å². The predicted molar refractivity (Wildman–Crippen MR) is 84.9 cm³/mol. The minimum Gasteiger partial charge on any atom is -0.490 e. The molecule has 0 aliphatic carbocycles. The number of nitro benzene ring substituents is 1. The van der Waals surface area contributed by atoms with Crippen molar-refractivity contribution in [2.24, 2.45) is 5.92 Å². The van der Waals surface area contributed by atoms with Crippen molar-refractivity contribution in [3.05, 3.63) is 33.9 Å². The second-order valence-electron chi connectivity index (χ2n) is 5.69. The van der Waals surface area contributed by atoms with Crippen LogP contribution in [0.1, 0.15) is 39.2 Å². The fourth-order valence-electron chi connectivity index (χ4n) is 2.54. The molecule has 1 N–H and O–H groups in total. The van der Waals surface area contributed by atoms with Crippen molar-refractivity contribution >= 4 is 5.69 Å². The molecule has 0 aliphatic rings. The van der Waals surface area contributed by atoms with Crippen LogP contribution < -0.4 is 10.1 Å². The van der Waals surface area contributed by atoms with E-state index in [9.17, 15) is 10.1 Å². The first-order valence-corrected chi connectivity index (χ1v) is 7.52. The Labute approximate surface area is 126 Å². The quantitative estimate of drug-likeness (QED) is 0.558. The van der Waals surface area contributed by atoms with E-state index in [2.05, 4.69) is 26.1 Å². The van der Waals surface area contributed by atoms with Crippen LogP contribution in [0, 0.1) is 16.0 Å². The molecule has 1 atom stereocenters. The number of benzene rings is 1. The normalized spacial score (nSPS) is 12.4. The van der Waals surface area contributed by atoms with Gasteiger partial charge in [-0.15, -0.1) is 0 Å². The van der Waals surface area contributed by atoms with Gasteiger partial charge < -0.3 is 10.1 Å². The molecule has 0 spiro atoms. The van der Waals surface area contributed by atoms with Gasteiger partial charge in [-0.05, 0) is 43.4 Å². The van der Waals surface area contributed by atoms with Crippen LogP contribution in [0.2, 0.25) is 0 Å². The average Bonchev–Trinajstić information content (AvgIpc) is 2.44. The second kappa shape index (κ2) is 8.62. The van der Waals surface area contributed by atoms with Crippen molar-refractivity contribution in [2.75, 3.05) is 13.7 Å². The van der Waals surface area contributed by atoms with Crippen LogP contribution in [0.4, 0.5) is 5.69 Å². The summed E-state index contributed by atoms with van der Waals surface area (Å²) in [5.74, 6) is 0.952. The highest BCUT2D eigenvalue weighted by Gasteiger charge is 2.16. The summed E-state index contributed by atoms with van der Waals surface area (Å²) < 4.78 is 5.02. The summed E-state index contributed by atoms with van der Waals surface area (Å²) in [6.45, 7) is 7.47. The summed E-state index contributed by atoms with van der Waals surface area (Å²) in [6.07, 6.45) is 2.93. The zero-order valence-corrected chi connectivity index (χ0v) is 13.4. The Balaban J connectivity index is 2.73. The first kappa shape index (κ1) is 17.4. The standard InChI is InChI=1S/C16H26N2O3/c1-5-17-14(10-12(2)3)8-6-13-7-9-16(21-4)15(11-13)18(19)20/h7,9,11-12,14,17H,5-6,8,10H2,1-4H3. The molecule has 1 unspecified atom stereocenters. The molecule has 0 amide bonds. The number of hydrogen-bond acceptors (Lipinski definition) is 4. The van der Waals surface area contributed by atoms with Gasteiger partial charge in [-0.1, -0.05) is 26.8 Å². The first-order chi connectivity index (χ1) is 9.97. The Kier molecular flexibility index (Phi) is 7.15. The lowest BCUT2D eigenvalue weighted by Crippen LogP contribution is -2.30. The molecule has 21 heavy (non-hydrogen) atoms. The minimum absolute atomic E-state index is 0.0406. The number of ether oxygens (including phenoxy) is 1.